The van der Waals surface area contributed by atoms with Crippen molar-refractivity contribution < 1.29 is 13.6 Å². The second-order valence-electron chi connectivity index (χ2n) is 10.2. The molecular weight excluding hydrogens is 575 g/mol. The number of fused-ring (bicyclic) bond motifs is 3. The van der Waals surface area contributed by atoms with Crippen molar-refractivity contribution in [3.8, 4) is 54.8 Å². The Kier molecular flexibility index (Phi) is 5.50. The van der Waals surface area contributed by atoms with Crippen molar-refractivity contribution in [2.75, 3.05) is 0 Å². The molecule has 6 aromatic rings. The number of aromatic amines is 1. The zero-order valence-corrected chi connectivity index (χ0v) is 24.1. The number of furan rings is 1. The number of allylic oxidation sites excluding steroid dienone is 2. The van der Waals surface area contributed by atoms with Crippen molar-refractivity contribution >= 4 is 43.8 Å². The molecule has 1 aliphatic carbocycles. The lowest BCUT2D eigenvalue weighted by atomic mass is 9.92. The predicted octanol–water partition coefficient (Wildman–Crippen LogP) is 10.3. The molecule has 0 saturated heterocycles. The molecule has 7 heterocycles. The van der Waals surface area contributed by atoms with Gasteiger partial charge in [-0.1, -0.05) is 30.3 Å². The highest BCUT2D eigenvalue weighted by molar-refractivity contribution is 7.22. The summed E-state index contributed by atoms with van der Waals surface area (Å²) in [6.45, 7) is 0. The fourth-order valence-corrected chi connectivity index (χ4v) is 7.85. The minimum atomic E-state index is -0.431. The maximum atomic E-state index is 6.90. The lowest BCUT2D eigenvalue weighted by Crippen LogP contribution is -2.04. The predicted molar refractivity (Wildman–Crippen MR) is 172 cm³/mol. The van der Waals surface area contributed by atoms with E-state index in [9.17, 15) is 0 Å². The van der Waals surface area contributed by atoms with Crippen molar-refractivity contribution in [3.63, 3.8) is 0 Å². The van der Waals surface area contributed by atoms with E-state index in [4.69, 9.17) is 23.7 Å². The van der Waals surface area contributed by atoms with Crippen molar-refractivity contribution in [2.24, 2.45) is 0 Å². The number of aromatic nitrogens is 3. The standard InChI is InChI=1S/C35H21N3O3S2/c1-2-12-26-20(8-1)18-28(43-26)32-30-25(41-35(24-10-3-4-15-40-24)31(32)23-11-6-16-39-23)19-21(29(30)27-13-7-17-42-27)33-34-22(37-38-33)9-5-14-36-34/h1-19,24H,(H,37,38). The Labute approximate surface area is 253 Å². The van der Waals surface area contributed by atoms with Gasteiger partial charge in [0, 0.05) is 42.9 Å². The molecular formula is C35H21N3O3S2. The van der Waals surface area contributed by atoms with Gasteiger partial charge in [0.15, 0.2) is 11.9 Å². The van der Waals surface area contributed by atoms with Gasteiger partial charge in [-0.3, -0.25) is 10.1 Å². The second kappa shape index (κ2) is 9.69. The van der Waals surface area contributed by atoms with Gasteiger partial charge in [-0.2, -0.15) is 5.10 Å². The topological polar surface area (TPSA) is 77.1 Å². The van der Waals surface area contributed by atoms with Gasteiger partial charge in [0.05, 0.1) is 23.6 Å². The summed E-state index contributed by atoms with van der Waals surface area (Å²) in [7, 11) is 0. The maximum absolute atomic E-state index is 6.90. The molecule has 5 aromatic heterocycles. The van der Waals surface area contributed by atoms with E-state index < -0.39 is 6.10 Å². The molecule has 1 atom stereocenters. The van der Waals surface area contributed by atoms with Crippen LogP contribution >= 0.6 is 22.7 Å². The summed E-state index contributed by atoms with van der Waals surface area (Å²) in [4.78, 5) is 6.93. The molecule has 0 spiro atoms. The van der Waals surface area contributed by atoms with Crippen LogP contribution in [0.3, 0.4) is 0 Å². The van der Waals surface area contributed by atoms with Crippen LogP contribution < -0.4 is 0 Å². The Hall–Kier alpha value is -5.18. The summed E-state index contributed by atoms with van der Waals surface area (Å²) in [6.07, 6.45) is 10.6. The van der Waals surface area contributed by atoms with E-state index in [0.29, 0.717) is 11.5 Å². The summed E-state index contributed by atoms with van der Waals surface area (Å²) in [6, 6.07) is 24.9. The van der Waals surface area contributed by atoms with Gasteiger partial charge in [0.25, 0.3) is 0 Å². The van der Waals surface area contributed by atoms with Crippen LogP contribution in [-0.2, 0) is 4.74 Å². The molecule has 6 nitrogen and oxygen atoms in total. The normalized spacial score (nSPS) is 14.7. The van der Waals surface area contributed by atoms with Crippen molar-refractivity contribution in [1.82, 2.24) is 15.2 Å². The Morgan fingerprint density at radius 3 is 2.63 bits per heavy atom. The molecule has 0 amide bonds. The Morgan fingerprint density at radius 1 is 0.814 bits per heavy atom. The SMILES string of the molecule is C1=COC(c2oc3cc(-c4n[nH]c5cccnc45)c(-c4cccs4)c-3c(-c3cc4ccccc4s3)c2-c2ccco2)C=C1. The van der Waals surface area contributed by atoms with Crippen molar-refractivity contribution in [3.05, 3.63) is 121 Å². The number of rotatable bonds is 5. The van der Waals surface area contributed by atoms with Crippen LogP contribution in [0.2, 0.25) is 0 Å². The van der Waals surface area contributed by atoms with Gasteiger partial charge in [0.1, 0.15) is 22.7 Å². The Morgan fingerprint density at radius 2 is 1.79 bits per heavy atom. The lowest BCUT2D eigenvalue weighted by Gasteiger charge is -2.22. The van der Waals surface area contributed by atoms with Crippen LogP contribution in [0.1, 0.15) is 11.9 Å². The highest BCUT2D eigenvalue weighted by Gasteiger charge is 2.35. The first kappa shape index (κ1) is 24.4. The number of H-pyrrole nitrogens is 1. The van der Waals surface area contributed by atoms with Gasteiger partial charge in [-0.25, -0.2) is 0 Å². The van der Waals surface area contributed by atoms with Gasteiger partial charge in [-0.15, -0.1) is 22.7 Å². The summed E-state index contributed by atoms with van der Waals surface area (Å²) >= 11 is 3.45. The number of hydrogen-bond donors (Lipinski definition) is 1. The number of thiophene rings is 2. The smallest absolute Gasteiger partial charge is 0.174 e. The third kappa shape index (κ3) is 3.84. The van der Waals surface area contributed by atoms with Crippen LogP contribution in [0.5, 0.6) is 0 Å². The Bertz CT molecular complexity index is 2250. The molecule has 0 bridgehead atoms. The van der Waals surface area contributed by atoms with Crippen molar-refractivity contribution in [2.45, 2.75) is 6.10 Å². The third-order valence-corrected chi connectivity index (χ3v) is 9.77. The van der Waals surface area contributed by atoms with Crippen LogP contribution in [0, 0.1) is 0 Å². The number of benzene rings is 1. The molecule has 1 aromatic carbocycles. The molecule has 43 heavy (non-hydrogen) atoms. The molecule has 0 saturated carbocycles. The number of pyridine rings is 1. The first-order chi connectivity index (χ1) is 21.3. The molecule has 3 aliphatic rings. The van der Waals surface area contributed by atoms with Crippen LogP contribution in [0.4, 0.5) is 0 Å². The van der Waals surface area contributed by atoms with Crippen LogP contribution in [0.25, 0.3) is 75.9 Å². The molecule has 0 fully saturated rings. The minimum absolute atomic E-state index is 0.431. The third-order valence-electron chi connectivity index (χ3n) is 7.75. The highest BCUT2D eigenvalue weighted by atomic mass is 32.1. The zero-order valence-electron chi connectivity index (χ0n) is 22.5. The van der Waals surface area contributed by atoms with Gasteiger partial charge in [-0.05, 0) is 71.4 Å². The largest absolute Gasteiger partial charge is 0.486 e. The summed E-state index contributed by atoms with van der Waals surface area (Å²) in [5.41, 5.74) is 7.40. The molecule has 8 heteroatoms. The number of ether oxygens (including phenoxy) is 1. The first-order valence-corrected chi connectivity index (χ1v) is 15.5. The molecule has 1 unspecified atom stereocenters. The van der Waals surface area contributed by atoms with Crippen LogP contribution in [0.15, 0.2) is 124 Å². The zero-order chi connectivity index (χ0) is 28.3. The van der Waals surface area contributed by atoms with E-state index in [0.717, 1.165) is 60.1 Å². The first-order valence-electron chi connectivity index (χ1n) is 13.8. The van der Waals surface area contributed by atoms with E-state index in [-0.39, 0.29) is 0 Å². The molecule has 9 rings (SSSR count). The summed E-state index contributed by atoms with van der Waals surface area (Å²) < 4.78 is 20.4. The molecule has 206 valence electrons. The summed E-state index contributed by atoms with van der Waals surface area (Å²) in [5, 5.41) is 11.2. The van der Waals surface area contributed by atoms with Crippen LogP contribution in [-0.4, -0.2) is 15.2 Å². The second-order valence-corrected chi connectivity index (χ2v) is 12.3. The van der Waals surface area contributed by atoms with E-state index in [2.05, 4.69) is 59.0 Å². The maximum Gasteiger partial charge on any atom is 0.174 e. The van der Waals surface area contributed by atoms with Gasteiger partial charge < -0.3 is 13.6 Å². The average Bonchev–Trinajstić information content (AvgIpc) is 3.88. The van der Waals surface area contributed by atoms with Gasteiger partial charge in [0.2, 0.25) is 0 Å². The molecule has 0 radical (unpaired) electrons. The summed E-state index contributed by atoms with van der Waals surface area (Å²) in [5.74, 6) is 2.14. The van der Waals surface area contributed by atoms with E-state index in [1.54, 1.807) is 41.4 Å². The molecule has 2 aliphatic heterocycles. The number of hydrogen-bond acceptors (Lipinski definition) is 7. The Balaban J connectivity index is 1.47. The highest BCUT2D eigenvalue weighted by Crippen LogP contribution is 2.56. The van der Waals surface area contributed by atoms with E-state index >= 15 is 0 Å². The van der Waals surface area contributed by atoms with E-state index in [1.807, 2.05) is 42.5 Å². The fraction of sp³-hybridized carbons (Fsp3) is 0.0286. The number of nitrogens with zero attached hydrogens (tertiary/aromatic N) is 2. The lowest BCUT2D eigenvalue weighted by molar-refractivity contribution is 0.161. The average molecular weight is 596 g/mol. The quantitative estimate of drug-likeness (QED) is 0.214. The molecule has 1 N–H and O–H groups in total. The fourth-order valence-electron chi connectivity index (χ4n) is 5.94. The number of nitrogens with one attached hydrogen (secondary N) is 1. The monoisotopic (exact) mass is 595 g/mol. The van der Waals surface area contributed by atoms with Crippen molar-refractivity contribution in [1.29, 1.82) is 0 Å². The van der Waals surface area contributed by atoms with E-state index in [1.165, 1.54) is 10.1 Å². The van der Waals surface area contributed by atoms with Gasteiger partial charge >= 0.3 is 0 Å². The minimum Gasteiger partial charge on any atom is -0.486 e.